The number of carbonyl (C=O) groups is 1. The molecule has 0 saturated heterocycles. The van der Waals surface area contributed by atoms with E-state index in [1.165, 1.54) is 19.4 Å². The minimum atomic E-state index is -0.706. The molecule has 0 atom stereocenters. The average molecular weight is 278 g/mol. The maximum Gasteiger partial charge on any atom is 0.356 e. The van der Waals surface area contributed by atoms with Crippen molar-refractivity contribution in [3.63, 3.8) is 0 Å². The van der Waals surface area contributed by atoms with Crippen molar-refractivity contribution in [2.24, 2.45) is 0 Å². The number of ether oxygens (including phenoxy) is 2. The van der Waals surface area contributed by atoms with Crippen LogP contribution >= 0.6 is 0 Å². The fourth-order valence-corrected chi connectivity index (χ4v) is 1.43. The Bertz CT molecular complexity index is 623. The highest BCUT2D eigenvalue weighted by atomic mass is 16.6. The van der Waals surface area contributed by atoms with Crippen molar-refractivity contribution in [3.8, 4) is 5.88 Å². The van der Waals surface area contributed by atoms with Gasteiger partial charge in [-0.15, -0.1) is 0 Å². The van der Waals surface area contributed by atoms with E-state index in [1.54, 1.807) is 12.1 Å². The van der Waals surface area contributed by atoms with Crippen molar-refractivity contribution in [2.75, 3.05) is 7.11 Å². The Balaban J connectivity index is 2.26. The number of aromatic nitrogens is 1. The molecule has 0 aliphatic heterocycles. The van der Waals surface area contributed by atoms with Crippen LogP contribution < -0.4 is 4.74 Å². The predicted molar refractivity (Wildman–Crippen MR) is 65.3 cm³/mol. The third-order valence-electron chi connectivity index (χ3n) is 2.36. The molecule has 0 spiro atoms. The fourth-order valence-electron chi connectivity index (χ4n) is 1.43. The van der Waals surface area contributed by atoms with Gasteiger partial charge in [-0.1, -0.05) is 0 Å². The van der Waals surface area contributed by atoms with Gasteiger partial charge >= 0.3 is 11.7 Å². The van der Waals surface area contributed by atoms with Gasteiger partial charge in [-0.25, -0.2) is 9.78 Å². The van der Waals surface area contributed by atoms with Crippen LogP contribution in [0.15, 0.2) is 34.9 Å². The van der Waals surface area contributed by atoms with Crippen molar-refractivity contribution < 1.29 is 23.6 Å². The van der Waals surface area contributed by atoms with E-state index in [0.717, 1.165) is 6.07 Å². The van der Waals surface area contributed by atoms with Crippen LogP contribution in [0.4, 0.5) is 5.69 Å². The quantitative estimate of drug-likeness (QED) is 0.467. The zero-order chi connectivity index (χ0) is 14.5. The molecule has 0 N–H and O–H groups in total. The number of methoxy groups -OCH3 is 1. The number of esters is 1. The van der Waals surface area contributed by atoms with Gasteiger partial charge in [0.1, 0.15) is 12.4 Å². The first-order valence-corrected chi connectivity index (χ1v) is 5.50. The van der Waals surface area contributed by atoms with Gasteiger partial charge < -0.3 is 13.9 Å². The van der Waals surface area contributed by atoms with Crippen LogP contribution in [0.1, 0.15) is 16.2 Å². The first kappa shape index (κ1) is 13.5. The zero-order valence-electron chi connectivity index (χ0n) is 10.4. The van der Waals surface area contributed by atoms with Gasteiger partial charge in [-0.2, -0.15) is 0 Å². The molecular formula is C12H10N2O6. The summed E-state index contributed by atoms with van der Waals surface area (Å²) in [7, 11) is 1.19. The Kier molecular flexibility index (Phi) is 3.94. The van der Waals surface area contributed by atoms with Crippen LogP contribution in [0.25, 0.3) is 0 Å². The summed E-state index contributed by atoms with van der Waals surface area (Å²) in [5.74, 6) is -0.499. The predicted octanol–water partition coefficient (Wildman–Crippen LogP) is 1.95. The number of carbonyl (C=O) groups excluding carboxylic acids is 1. The summed E-state index contributed by atoms with van der Waals surface area (Å²) in [6.07, 6.45) is 1.45. The summed E-state index contributed by atoms with van der Waals surface area (Å²) in [6, 6.07) is 5.64. The van der Waals surface area contributed by atoms with E-state index in [0.29, 0.717) is 5.76 Å². The molecular weight excluding hydrogens is 268 g/mol. The summed E-state index contributed by atoms with van der Waals surface area (Å²) in [5, 5.41) is 10.9. The highest BCUT2D eigenvalue weighted by Crippen LogP contribution is 2.25. The normalized spacial score (nSPS) is 10.1. The molecule has 2 aromatic heterocycles. The third kappa shape index (κ3) is 2.91. The van der Waals surface area contributed by atoms with E-state index in [4.69, 9.17) is 9.15 Å². The molecule has 2 rings (SSSR count). The third-order valence-corrected chi connectivity index (χ3v) is 2.36. The van der Waals surface area contributed by atoms with Crippen LogP contribution in [0.5, 0.6) is 5.88 Å². The van der Waals surface area contributed by atoms with Gasteiger partial charge in [0.15, 0.2) is 5.69 Å². The highest BCUT2D eigenvalue weighted by molar-refractivity contribution is 5.87. The van der Waals surface area contributed by atoms with E-state index in [9.17, 15) is 14.9 Å². The summed E-state index contributed by atoms with van der Waals surface area (Å²) in [4.78, 5) is 25.4. The molecule has 8 nitrogen and oxygen atoms in total. The Morgan fingerprint density at radius 2 is 2.25 bits per heavy atom. The Morgan fingerprint density at radius 1 is 1.45 bits per heavy atom. The van der Waals surface area contributed by atoms with Crippen LogP contribution in [-0.2, 0) is 11.3 Å². The van der Waals surface area contributed by atoms with Gasteiger partial charge in [0.25, 0.3) is 5.88 Å². The maximum atomic E-state index is 11.4. The minimum absolute atomic E-state index is 0.0362. The van der Waals surface area contributed by atoms with Crippen LogP contribution in [0, 0.1) is 10.1 Å². The standard InChI is InChI=1S/C12H10N2O6/c1-18-12(15)9-4-5-10(14(16)17)11(13-9)20-7-8-3-2-6-19-8/h2-6H,7H2,1H3. The Hall–Kier alpha value is -2.90. The van der Waals surface area contributed by atoms with E-state index in [-0.39, 0.29) is 23.9 Å². The number of pyridine rings is 1. The first-order chi connectivity index (χ1) is 9.61. The average Bonchev–Trinajstić information content (AvgIpc) is 2.97. The Morgan fingerprint density at radius 3 is 2.85 bits per heavy atom. The molecule has 20 heavy (non-hydrogen) atoms. The smallest absolute Gasteiger partial charge is 0.356 e. The van der Waals surface area contributed by atoms with Gasteiger partial charge in [0.05, 0.1) is 18.3 Å². The molecule has 0 radical (unpaired) electrons. The molecule has 0 fully saturated rings. The van der Waals surface area contributed by atoms with Gasteiger partial charge in [0, 0.05) is 6.07 Å². The monoisotopic (exact) mass is 278 g/mol. The van der Waals surface area contributed by atoms with E-state index >= 15 is 0 Å². The van der Waals surface area contributed by atoms with Crippen LogP contribution in [0.3, 0.4) is 0 Å². The number of nitrogens with zero attached hydrogens (tertiary/aromatic N) is 2. The SMILES string of the molecule is COC(=O)c1ccc([N+](=O)[O-])c(OCc2ccco2)n1. The lowest BCUT2D eigenvalue weighted by Crippen LogP contribution is -2.07. The van der Waals surface area contributed by atoms with Crippen LogP contribution in [0.2, 0.25) is 0 Å². The van der Waals surface area contributed by atoms with Gasteiger partial charge in [-0.3, -0.25) is 10.1 Å². The van der Waals surface area contributed by atoms with E-state index in [2.05, 4.69) is 9.72 Å². The number of hydrogen-bond donors (Lipinski definition) is 0. The van der Waals surface area contributed by atoms with Crippen molar-refractivity contribution in [1.82, 2.24) is 4.98 Å². The largest absolute Gasteiger partial charge is 0.466 e. The zero-order valence-corrected chi connectivity index (χ0v) is 10.4. The fraction of sp³-hybridized carbons (Fsp3) is 0.167. The van der Waals surface area contributed by atoms with E-state index in [1.807, 2.05) is 0 Å². The number of hydrogen-bond acceptors (Lipinski definition) is 7. The lowest BCUT2D eigenvalue weighted by molar-refractivity contribution is -0.386. The van der Waals surface area contributed by atoms with Gasteiger partial charge in [0.2, 0.25) is 0 Å². The minimum Gasteiger partial charge on any atom is -0.466 e. The highest BCUT2D eigenvalue weighted by Gasteiger charge is 2.20. The molecule has 0 aliphatic carbocycles. The summed E-state index contributed by atoms with van der Waals surface area (Å²) in [6.45, 7) is -0.0362. The second-order valence-electron chi connectivity index (χ2n) is 3.64. The molecule has 8 heteroatoms. The van der Waals surface area contributed by atoms with E-state index < -0.39 is 10.9 Å². The first-order valence-electron chi connectivity index (χ1n) is 5.50. The molecule has 2 heterocycles. The maximum absolute atomic E-state index is 11.4. The summed E-state index contributed by atoms with van der Waals surface area (Å²) < 4.78 is 14.8. The summed E-state index contributed by atoms with van der Waals surface area (Å²) >= 11 is 0. The molecule has 0 saturated carbocycles. The number of rotatable bonds is 5. The molecule has 0 aliphatic rings. The van der Waals surface area contributed by atoms with Crippen molar-refractivity contribution in [3.05, 3.63) is 52.1 Å². The summed E-state index contributed by atoms with van der Waals surface area (Å²) in [5.41, 5.74) is -0.420. The second kappa shape index (κ2) is 5.83. The topological polar surface area (TPSA) is 105 Å². The van der Waals surface area contributed by atoms with Crippen LogP contribution in [-0.4, -0.2) is 23.0 Å². The molecule has 0 bridgehead atoms. The number of nitro groups is 1. The lowest BCUT2D eigenvalue weighted by Gasteiger charge is -2.05. The molecule has 0 unspecified atom stereocenters. The van der Waals surface area contributed by atoms with Crippen molar-refractivity contribution >= 4 is 11.7 Å². The number of furan rings is 1. The molecule has 0 aromatic carbocycles. The lowest BCUT2D eigenvalue weighted by atomic mass is 10.3. The Labute approximate surface area is 113 Å². The molecule has 104 valence electrons. The second-order valence-corrected chi connectivity index (χ2v) is 3.64. The molecule has 0 amide bonds. The van der Waals surface area contributed by atoms with Crippen molar-refractivity contribution in [2.45, 2.75) is 6.61 Å². The van der Waals surface area contributed by atoms with Crippen molar-refractivity contribution in [1.29, 1.82) is 0 Å². The van der Waals surface area contributed by atoms with Gasteiger partial charge in [-0.05, 0) is 18.2 Å². The molecule has 2 aromatic rings.